The van der Waals surface area contributed by atoms with Crippen LogP contribution in [0.1, 0.15) is 111 Å². The summed E-state index contributed by atoms with van der Waals surface area (Å²) in [6, 6.07) is 0. The lowest BCUT2D eigenvalue weighted by Crippen LogP contribution is -2.66. The summed E-state index contributed by atoms with van der Waals surface area (Å²) in [5.74, 6) is 5.22. The Kier molecular flexibility index (Phi) is 4.80. The van der Waals surface area contributed by atoms with Crippen LogP contribution in [0.4, 0.5) is 0 Å². The second-order valence-electron chi connectivity index (χ2n) is 15.1. The number of rotatable bonds is 2. The van der Waals surface area contributed by atoms with Crippen molar-refractivity contribution >= 4 is 6.29 Å². The van der Waals surface area contributed by atoms with Gasteiger partial charge >= 0.3 is 0 Å². The van der Waals surface area contributed by atoms with Crippen LogP contribution in [0.2, 0.25) is 0 Å². The lowest BCUT2D eigenvalue weighted by Gasteiger charge is -2.72. The number of nitrogens with zero attached hydrogens (tertiary/aromatic N) is 1. The first-order chi connectivity index (χ1) is 15.9. The van der Waals surface area contributed by atoms with Crippen LogP contribution in [-0.4, -0.2) is 11.4 Å². The zero-order valence-electron chi connectivity index (χ0n) is 22.7. The van der Waals surface area contributed by atoms with E-state index in [-0.39, 0.29) is 16.2 Å². The molecule has 1 unspecified atom stereocenters. The van der Waals surface area contributed by atoms with E-state index < -0.39 is 0 Å². The summed E-state index contributed by atoms with van der Waals surface area (Å²) in [4.78, 5) is 12.7. The zero-order valence-corrected chi connectivity index (χ0v) is 22.7. The van der Waals surface area contributed by atoms with E-state index in [1.807, 2.05) is 6.20 Å². The fourth-order valence-corrected chi connectivity index (χ4v) is 11.9. The highest BCUT2D eigenvalue weighted by Crippen LogP contribution is 2.77. The first kappa shape index (κ1) is 23.3. The Hall–Kier alpha value is -1.12. The average molecular weight is 466 g/mol. The number of fused-ring (bicyclic) bond motifs is 8. The van der Waals surface area contributed by atoms with Crippen molar-refractivity contribution in [2.75, 3.05) is 0 Å². The minimum atomic E-state index is -0.0341. The molecular weight excluding hydrogens is 418 g/mol. The minimum Gasteiger partial charge on any atom is -0.361 e. The maximum Gasteiger partial charge on any atom is 0.145 e. The number of aldehydes is 1. The fraction of sp³-hybridized carbons (Fsp3) is 0.871. The standard InChI is InChI=1S/C31H47NO2/c1-19(2)21-10-13-31(18-33)15-14-29(6)22(25(21)31)8-9-24-28(5)16-20-17-32-34-26(20)27(3,4)23(28)11-12-30(24,29)7/h17-19,21-25H,8-16H2,1-7H3/t21-,22+,23-,24+,25+,28-,29+,30+,31?/m0/s1. The van der Waals surface area contributed by atoms with Crippen molar-refractivity contribution in [3.8, 4) is 0 Å². The van der Waals surface area contributed by atoms with Crippen LogP contribution in [0.3, 0.4) is 0 Å². The number of hydrogen-bond donors (Lipinski definition) is 0. The van der Waals surface area contributed by atoms with Crippen molar-refractivity contribution in [3.05, 3.63) is 17.5 Å². The van der Waals surface area contributed by atoms with Gasteiger partial charge in [-0.15, -0.1) is 0 Å². The third kappa shape index (κ3) is 2.55. The van der Waals surface area contributed by atoms with Crippen LogP contribution in [-0.2, 0) is 16.6 Å². The first-order valence-electron chi connectivity index (χ1n) is 14.3. The highest BCUT2D eigenvalue weighted by molar-refractivity contribution is 5.61. The van der Waals surface area contributed by atoms with Crippen LogP contribution >= 0.6 is 0 Å². The molecule has 0 amide bonds. The van der Waals surface area contributed by atoms with Crippen LogP contribution in [0.25, 0.3) is 0 Å². The Balaban J connectivity index is 1.43. The topological polar surface area (TPSA) is 43.1 Å². The molecule has 9 atom stereocenters. The van der Waals surface area contributed by atoms with Gasteiger partial charge in [-0.2, -0.15) is 0 Å². The van der Waals surface area contributed by atoms with Gasteiger partial charge in [0.2, 0.25) is 0 Å². The normalized spacial score (nSPS) is 51.1. The molecule has 188 valence electrons. The lowest BCUT2D eigenvalue weighted by atomic mass is 9.32. The minimum absolute atomic E-state index is 0.0341. The van der Waals surface area contributed by atoms with Crippen molar-refractivity contribution in [1.82, 2.24) is 5.16 Å². The number of hydrogen-bond acceptors (Lipinski definition) is 3. The van der Waals surface area contributed by atoms with E-state index in [1.54, 1.807) is 0 Å². The van der Waals surface area contributed by atoms with Gasteiger partial charge in [-0.25, -0.2) is 0 Å². The van der Waals surface area contributed by atoms with Crippen LogP contribution in [0, 0.1) is 57.2 Å². The summed E-state index contributed by atoms with van der Waals surface area (Å²) in [6.07, 6.45) is 14.6. The number of carbonyl (C=O) groups excluding carboxylic acids is 1. The molecule has 1 aromatic rings. The van der Waals surface area contributed by atoms with Crippen molar-refractivity contribution < 1.29 is 9.32 Å². The molecule has 5 aliphatic rings. The van der Waals surface area contributed by atoms with Crippen molar-refractivity contribution in [2.24, 2.45) is 57.2 Å². The molecule has 0 aromatic carbocycles. The monoisotopic (exact) mass is 465 g/mol. The predicted molar refractivity (Wildman–Crippen MR) is 135 cm³/mol. The molecule has 34 heavy (non-hydrogen) atoms. The Morgan fingerprint density at radius 1 is 0.941 bits per heavy atom. The van der Waals surface area contributed by atoms with Crippen molar-refractivity contribution in [2.45, 2.75) is 112 Å². The Morgan fingerprint density at radius 2 is 1.71 bits per heavy atom. The zero-order chi connectivity index (χ0) is 24.3. The maximum absolute atomic E-state index is 12.7. The third-order valence-corrected chi connectivity index (χ3v) is 13.6. The number of aromatic nitrogens is 1. The molecule has 0 aliphatic heterocycles. The van der Waals surface area contributed by atoms with E-state index in [0.29, 0.717) is 34.5 Å². The molecular formula is C31H47NO2. The van der Waals surface area contributed by atoms with E-state index >= 15 is 0 Å². The predicted octanol–water partition coefficient (Wildman–Crippen LogP) is 7.62. The Bertz CT molecular complexity index is 993. The highest BCUT2D eigenvalue weighted by atomic mass is 16.5. The molecule has 1 aromatic heterocycles. The Morgan fingerprint density at radius 3 is 2.41 bits per heavy atom. The molecule has 0 bridgehead atoms. The van der Waals surface area contributed by atoms with Gasteiger partial charge in [-0.1, -0.05) is 53.6 Å². The summed E-state index contributed by atoms with van der Waals surface area (Å²) in [6.45, 7) is 17.7. The third-order valence-electron chi connectivity index (χ3n) is 13.6. The molecule has 4 saturated carbocycles. The molecule has 1 heterocycles. The summed E-state index contributed by atoms with van der Waals surface area (Å²) >= 11 is 0. The highest BCUT2D eigenvalue weighted by Gasteiger charge is 2.71. The van der Waals surface area contributed by atoms with Gasteiger partial charge < -0.3 is 9.32 Å². The summed E-state index contributed by atoms with van der Waals surface area (Å²) in [5, 5.41) is 4.26. The smallest absolute Gasteiger partial charge is 0.145 e. The molecule has 3 heteroatoms. The lowest BCUT2D eigenvalue weighted by molar-refractivity contribution is -0.225. The molecule has 0 N–H and O–H groups in total. The Labute approximate surface area is 207 Å². The van der Waals surface area contributed by atoms with Gasteiger partial charge in [0.25, 0.3) is 0 Å². The summed E-state index contributed by atoms with van der Waals surface area (Å²) < 4.78 is 5.85. The summed E-state index contributed by atoms with van der Waals surface area (Å²) in [7, 11) is 0. The molecule has 5 aliphatic carbocycles. The average Bonchev–Trinajstić information content (AvgIpc) is 3.39. The SMILES string of the molecule is CC(C)[C@@H]1CCC2(C=O)CC[C@]3(C)[C@H](CC[C@@H]4[C@@]5(C)Cc6cnoc6C(C)(C)[C@@H]5CC[C@]43C)[C@@H]12. The molecule has 3 nitrogen and oxygen atoms in total. The van der Waals surface area contributed by atoms with Gasteiger partial charge in [0.1, 0.15) is 12.0 Å². The van der Waals surface area contributed by atoms with Gasteiger partial charge in [-0.3, -0.25) is 0 Å². The van der Waals surface area contributed by atoms with Gasteiger partial charge in [0.15, 0.2) is 0 Å². The van der Waals surface area contributed by atoms with Crippen LogP contribution in [0.15, 0.2) is 10.7 Å². The molecule has 4 fully saturated rings. The van der Waals surface area contributed by atoms with E-state index in [0.717, 1.165) is 36.9 Å². The molecule has 0 saturated heterocycles. The maximum atomic E-state index is 12.7. The number of carbonyl (C=O) groups is 1. The van der Waals surface area contributed by atoms with Crippen molar-refractivity contribution in [1.29, 1.82) is 0 Å². The first-order valence-corrected chi connectivity index (χ1v) is 14.3. The van der Waals surface area contributed by atoms with Gasteiger partial charge in [-0.05, 0) is 110 Å². The van der Waals surface area contributed by atoms with Crippen molar-refractivity contribution in [3.63, 3.8) is 0 Å². The van der Waals surface area contributed by atoms with E-state index in [4.69, 9.17) is 4.52 Å². The molecule has 0 radical (unpaired) electrons. The summed E-state index contributed by atoms with van der Waals surface area (Å²) in [5.41, 5.74) is 2.33. The fourth-order valence-electron chi connectivity index (χ4n) is 11.9. The van der Waals surface area contributed by atoms with E-state index in [2.05, 4.69) is 53.6 Å². The molecule has 0 spiro atoms. The van der Waals surface area contributed by atoms with Gasteiger partial charge in [0, 0.05) is 16.4 Å². The second-order valence-corrected chi connectivity index (χ2v) is 15.1. The second kappa shape index (κ2) is 7.00. The van der Waals surface area contributed by atoms with Gasteiger partial charge in [0.05, 0.1) is 6.20 Å². The van der Waals surface area contributed by atoms with E-state index in [9.17, 15) is 4.79 Å². The van der Waals surface area contributed by atoms with Crippen LogP contribution in [0.5, 0.6) is 0 Å². The molecule has 6 rings (SSSR count). The van der Waals surface area contributed by atoms with Crippen LogP contribution < -0.4 is 0 Å². The quantitative estimate of drug-likeness (QED) is 0.422. The largest absolute Gasteiger partial charge is 0.361 e. The van der Waals surface area contributed by atoms with E-state index in [1.165, 1.54) is 50.4 Å².